The van der Waals surface area contributed by atoms with Crippen molar-refractivity contribution < 1.29 is 9.53 Å². The van der Waals surface area contributed by atoms with Gasteiger partial charge < -0.3 is 10.1 Å². The lowest BCUT2D eigenvalue weighted by atomic mass is 10.2. The molecule has 0 atom stereocenters. The van der Waals surface area contributed by atoms with E-state index in [4.69, 9.17) is 16.3 Å². The molecule has 0 aliphatic rings. The average molecular weight is 354 g/mol. The molecule has 0 fully saturated rings. The van der Waals surface area contributed by atoms with Gasteiger partial charge in [-0.15, -0.1) is 0 Å². The summed E-state index contributed by atoms with van der Waals surface area (Å²) in [5, 5.41) is 3.43. The molecule has 0 saturated heterocycles. The van der Waals surface area contributed by atoms with E-state index in [0.717, 1.165) is 11.1 Å². The zero-order chi connectivity index (χ0) is 17.6. The summed E-state index contributed by atoms with van der Waals surface area (Å²) >= 11 is 5.93. The Bertz CT molecular complexity index is 885. The van der Waals surface area contributed by atoms with E-state index in [1.54, 1.807) is 18.2 Å². The number of carbonyl (C=O) groups excluding carboxylic acids is 1. The molecule has 0 bridgehead atoms. The summed E-state index contributed by atoms with van der Waals surface area (Å²) in [4.78, 5) is 20.4. The van der Waals surface area contributed by atoms with E-state index in [2.05, 4.69) is 15.3 Å². The Morgan fingerprint density at radius 2 is 1.92 bits per heavy atom. The van der Waals surface area contributed by atoms with Crippen molar-refractivity contribution in [3.63, 3.8) is 0 Å². The van der Waals surface area contributed by atoms with Crippen LogP contribution in [0.3, 0.4) is 0 Å². The van der Waals surface area contributed by atoms with Crippen LogP contribution in [-0.4, -0.2) is 15.9 Å². The third-order valence-corrected chi connectivity index (χ3v) is 3.78. The van der Waals surface area contributed by atoms with Gasteiger partial charge in [0, 0.05) is 16.8 Å². The molecule has 1 heterocycles. The second-order valence-corrected chi connectivity index (χ2v) is 5.87. The topological polar surface area (TPSA) is 64.1 Å². The SMILES string of the molecule is Cc1cc(Cl)ccc1NC(=O)c1cc(OCc2ccccc2)ncn1. The molecule has 1 aromatic heterocycles. The Balaban J connectivity index is 1.69. The molecule has 1 amide bonds. The molecule has 25 heavy (non-hydrogen) atoms. The number of ether oxygens (including phenoxy) is 1. The number of hydrogen-bond acceptors (Lipinski definition) is 4. The Labute approximate surface area is 150 Å². The molecule has 1 N–H and O–H groups in total. The predicted molar refractivity (Wildman–Crippen MR) is 96.9 cm³/mol. The summed E-state index contributed by atoms with van der Waals surface area (Å²) in [6.45, 7) is 2.24. The van der Waals surface area contributed by atoms with Gasteiger partial charge in [0.25, 0.3) is 5.91 Å². The summed E-state index contributed by atoms with van der Waals surface area (Å²) in [7, 11) is 0. The molecule has 0 aliphatic carbocycles. The first-order chi connectivity index (χ1) is 12.1. The molecule has 2 aromatic carbocycles. The quantitative estimate of drug-likeness (QED) is 0.744. The zero-order valence-corrected chi connectivity index (χ0v) is 14.3. The van der Waals surface area contributed by atoms with Crippen LogP contribution in [0.5, 0.6) is 5.88 Å². The standard InChI is InChI=1S/C19H16ClN3O2/c1-13-9-15(20)7-8-16(13)23-19(24)17-10-18(22-12-21-17)25-11-14-5-3-2-4-6-14/h2-10,12H,11H2,1H3,(H,23,24). The molecule has 0 aliphatic heterocycles. The summed E-state index contributed by atoms with van der Waals surface area (Å²) < 4.78 is 5.62. The van der Waals surface area contributed by atoms with Crippen LogP contribution in [-0.2, 0) is 6.61 Å². The maximum atomic E-state index is 12.4. The van der Waals surface area contributed by atoms with Crippen LogP contribution < -0.4 is 10.1 Å². The number of nitrogens with zero attached hydrogens (tertiary/aromatic N) is 2. The van der Waals surface area contributed by atoms with Crippen LogP contribution in [0.1, 0.15) is 21.6 Å². The Kier molecular flexibility index (Phi) is 5.26. The lowest BCUT2D eigenvalue weighted by Gasteiger charge is -2.09. The van der Waals surface area contributed by atoms with E-state index < -0.39 is 0 Å². The van der Waals surface area contributed by atoms with Gasteiger partial charge in [0.15, 0.2) is 0 Å². The Morgan fingerprint density at radius 3 is 2.68 bits per heavy atom. The highest BCUT2D eigenvalue weighted by atomic mass is 35.5. The molecule has 3 aromatic rings. The molecule has 6 heteroatoms. The van der Waals surface area contributed by atoms with Crippen LogP contribution in [0.4, 0.5) is 5.69 Å². The minimum absolute atomic E-state index is 0.229. The number of rotatable bonds is 5. The van der Waals surface area contributed by atoms with E-state index in [1.165, 1.54) is 12.4 Å². The smallest absolute Gasteiger partial charge is 0.274 e. The van der Waals surface area contributed by atoms with Gasteiger partial charge in [0.1, 0.15) is 18.6 Å². The van der Waals surface area contributed by atoms with Crippen molar-refractivity contribution in [3.05, 3.63) is 82.8 Å². The van der Waals surface area contributed by atoms with Crippen molar-refractivity contribution in [2.45, 2.75) is 13.5 Å². The van der Waals surface area contributed by atoms with Gasteiger partial charge in [-0.2, -0.15) is 0 Å². The largest absolute Gasteiger partial charge is 0.473 e. The number of carbonyl (C=O) groups is 1. The first-order valence-corrected chi connectivity index (χ1v) is 8.06. The minimum atomic E-state index is -0.336. The van der Waals surface area contributed by atoms with Gasteiger partial charge in [-0.05, 0) is 36.2 Å². The van der Waals surface area contributed by atoms with Crippen LogP contribution >= 0.6 is 11.6 Å². The number of aromatic nitrogens is 2. The number of amides is 1. The lowest BCUT2D eigenvalue weighted by Crippen LogP contribution is -2.15. The van der Waals surface area contributed by atoms with Gasteiger partial charge in [-0.3, -0.25) is 4.79 Å². The van der Waals surface area contributed by atoms with E-state index in [-0.39, 0.29) is 11.6 Å². The lowest BCUT2D eigenvalue weighted by molar-refractivity contribution is 0.102. The van der Waals surface area contributed by atoms with Crippen molar-refractivity contribution in [1.82, 2.24) is 9.97 Å². The van der Waals surface area contributed by atoms with Crippen molar-refractivity contribution in [2.75, 3.05) is 5.32 Å². The van der Waals surface area contributed by atoms with Crippen molar-refractivity contribution in [3.8, 4) is 5.88 Å². The Hall–Kier alpha value is -2.92. The van der Waals surface area contributed by atoms with Crippen LogP contribution in [0, 0.1) is 6.92 Å². The fourth-order valence-electron chi connectivity index (χ4n) is 2.23. The van der Waals surface area contributed by atoms with Gasteiger partial charge in [0.2, 0.25) is 5.88 Å². The second-order valence-electron chi connectivity index (χ2n) is 5.43. The van der Waals surface area contributed by atoms with Crippen molar-refractivity contribution in [1.29, 1.82) is 0 Å². The fraction of sp³-hybridized carbons (Fsp3) is 0.105. The summed E-state index contributed by atoms with van der Waals surface area (Å²) in [5.41, 5.74) is 2.80. The monoisotopic (exact) mass is 353 g/mol. The fourth-order valence-corrected chi connectivity index (χ4v) is 2.45. The van der Waals surface area contributed by atoms with E-state index in [1.807, 2.05) is 37.3 Å². The number of nitrogens with one attached hydrogen (secondary N) is 1. The maximum absolute atomic E-state index is 12.4. The maximum Gasteiger partial charge on any atom is 0.274 e. The molecular weight excluding hydrogens is 338 g/mol. The highest BCUT2D eigenvalue weighted by molar-refractivity contribution is 6.30. The number of anilines is 1. The van der Waals surface area contributed by atoms with E-state index in [9.17, 15) is 4.79 Å². The first kappa shape index (κ1) is 16.9. The molecule has 126 valence electrons. The first-order valence-electron chi connectivity index (χ1n) is 7.68. The molecular formula is C19H16ClN3O2. The predicted octanol–water partition coefficient (Wildman–Crippen LogP) is 4.27. The number of benzene rings is 2. The summed E-state index contributed by atoms with van der Waals surface area (Å²) in [6, 6.07) is 16.5. The van der Waals surface area contributed by atoms with Gasteiger partial charge in [-0.1, -0.05) is 41.9 Å². The van der Waals surface area contributed by atoms with E-state index in [0.29, 0.717) is 23.2 Å². The van der Waals surface area contributed by atoms with Crippen LogP contribution in [0.25, 0.3) is 0 Å². The third-order valence-electron chi connectivity index (χ3n) is 3.54. The van der Waals surface area contributed by atoms with Crippen LogP contribution in [0.2, 0.25) is 5.02 Å². The van der Waals surface area contributed by atoms with E-state index >= 15 is 0 Å². The molecule has 5 nitrogen and oxygen atoms in total. The van der Waals surface area contributed by atoms with Gasteiger partial charge in [0.05, 0.1) is 0 Å². The highest BCUT2D eigenvalue weighted by Crippen LogP contribution is 2.20. The average Bonchev–Trinajstić information content (AvgIpc) is 2.63. The number of halogens is 1. The highest BCUT2D eigenvalue weighted by Gasteiger charge is 2.11. The normalized spacial score (nSPS) is 10.3. The van der Waals surface area contributed by atoms with Crippen molar-refractivity contribution in [2.24, 2.45) is 0 Å². The third kappa shape index (κ3) is 4.55. The number of aryl methyl sites for hydroxylation is 1. The molecule has 0 unspecified atom stereocenters. The molecule has 0 spiro atoms. The van der Waals surface area contributed by atoms with Gasteiger partial charge in [-0.25, -0.2) is 9.97 Å². The molecule has 0 radical (unpaired) electrons. The zero-order valence-electron chi connectivity index (χ0n) is 13.6. The molecule has 0 saturated carbocycles. The number of hydrogen-bond donors (Lipinski definition) is 1. The second kappa shape index (κ2) is 7.77. The summed E-state index contributed by atoms with van der Waals surface area (Å²) in [5.74, 6) is 0.00853. The van der Waals surface area contributed by atoms with Gasteiger partial charge >= 0.3 is 0 Å². The molecule has 3 rings (SSSR count). The Morgan fingerprint density at radius 1 is 1.12 bits per heavy atom. The minimum Gasteiger partial charge on any atom is -0.473 e. The van der Waals surface area contributed by atoms with Crippen molar-refractivity contribution >= 4 is 23.2 Å². The van der Waals surface area contributed by atoms with Crippen LogP contribution in [0.15, 0.2) is 60.9 Å². The summed E-state index contributed by atoms with van der Waals surface area (Å²) in [6.07, 6.45) is 1.31.